The summed E-state index contributed by atoms with van der Waals surface area (Å²) in [5, 5.41) is 8.33. The predicted octanol–water partition coefficient (Wildman–Crippen LogP) is 6.43. The Bertz CT molecular complexity index is 619. The van der Waals surface area contributed by atoms with E-state index in [2.05, 4.69) is 31.2 Å². The van der Waals surface area contributed by atoms with Gasteiger partial charge in [0.05, 0.1) is 12.7 Å². The van der Waals surface area contributed by atoms with Crippen LogP contribution in [-0.4, -0.2) is 6.10 Å². The second-order valence-electron chi connectivity index (χ2n) is 7.15. The quantitative estimate of drug-likeness (QED) is 0.378. The van der Waals surface area contributed by atoms with Crippen LogP contribution in [0.2, 0.25) is 0 Å². The lowest BCUT2D eigenvalue weighted by molar-refractivity contribution is 0.00646. The van der Waals surface area contributed by atoms with E-state index in [-0.39, 0.29) is 0 Å². The van der Waals surface area contributed by atoms with Gasteiger partial charge < -0.3 is 4.74 Å². The van der Waals surface area contributed by atoms with Crippen LogP contribution in [-0.2, 0) is 17.8 Å². The molecule has 1 aliphatic rings. The molecular weight excluding hydrogens is 325 g/mol. The fourth-order valence-electron chi connectivity index (χ4n) is 3.51. The monoisotopic (exact) mass is 355 g/mol. The first kappa shape index (κ1) is 20.4. The molecule has 140 valence electrons. The molecule has 0 bridgehead atoms. The first-order valence-electron chi connectivity index (χ1n) is 9.83. The highest BCUT2D eigenvalue weighted by atomic mass is 19.1. The Morgan fingerprint density at radius 1 is 1.19 bits per heavy atom. The Kier molecular flexibility index (Phi) is 9.14. The third-order valence-corrected chi connectivity index (χ3v) is 5.07. The van der Waals surface area contributed by atoms with Crippen LogP contribution in [0.5, 0.6) is 0 Å². The number of hydrogen-bond acceptors (Lipinski definition) is 2. The molecule has 0 unspecified atom stereocenters. The van der Waals surface area contributed by atoms with Gasteiger partial charge in [-0.3, -0.25) is 0 Å². The third-order valence-electron chi connectivity index (χ3n) is 5.07. The Morgan fingerprint density at radius 3 is 2.54 bits per heavy atom. The van der Waals surface area contributed by atoms with Crippen molar-refractivity contribution in [1.82, 2.24) is 0 Å². The van der Waals surface area contributed by atoms with Gasteiger partial charge in [0.15, 0.2) is 5.83 Å². The van der Waals surface area contributed by atoms with Crippen molar-refractivity contribution in [2.75, 3.05) is 0 Å². The van der Waals surface area contributed by atoms with E-state index < -0.39 is 5.83 Å². The molecule has 1 fully saturated rings. The molecule has 0 spiro atoms. The molecule has 0 heterocycles. The SMILES string of the molecule is CCCc1ccc(COC2CCC(CCC=CC=C(F)C#N)CC2)cc1. The van der Waals surface area contributed by atoms with Crippen LogP contribution in [0.3, 0.4) is 0 Å². The van der Waals surface area contributed by atoms with Gasteiger partial charge >= 0.3 is 0 Å². The summed E-state index contributed by atoms with van der Waals surface area (Å²) in [6.45, 7) is 2.91. The van der Waals surface area contributed by atoms with Crippen LogP contribution in [0.4, 0.5) is 4.39 Å². The standard InChI is InChI=1S/C23H30FNO/c1-2-6-19-9-11-21(12-10-19)18-26-23-15-13-20(14-16-23)7-4-3-5-8-22(24)17-25/h3,5,8-12,20,23H,2,4,6-7,13-16,18H2,1H3. The van der Waals surface area contributed by atoms with Gasteiger partial charge in [-0.25, -0.2) is 0 Å². The Balaban J connectivity index is 1.62. The van der Waals surface area contributed by atoms with E-state index in [1.54, 1.807) is 6.08 Å². The number of nitriles is 1. The highest BCUT2D eigenvalue weighted by Gasteiger charge is 2.21. The molecule has 1 saturated carbocycles. The molecule has 3 heteroatoms. The van der Waals surface area contributed by atoms with Crippen molar-refractivity contribution >= 4 is 0 Å². The molecule has 2 nitrogen and oxygen atoms in total. The molecule has 0 radical (unpaired) electrons. The fraction of sp³-hybridized carbons (Fsp3) is 0.522. The van der Waals surface area contributed by atoms with Gasteiger partial charge in [-0.15, -0.1) is 0 Å². The molecule has 2 rings (SSSR count). The second-order valence-corrected chi connectivity index (χ2v) is 7.15. The van der Waals surface area contributed by atoms with Crippen molar-refractivity contribution < 1.29 is 9.13 Å². The van der Waals surface area contributed by atoms with Crippen LogP contribution < -0.4 is 0 Å². The van der Waals surface area contributed by atoms with E-state index >= 15 is 0 Å². The number of hydrogen-bond donors (Lipinski definition) is 0. The van der Waals surface area contributed by atoms with Crippen LogP contribution in [0, 0.1) is 17.2 Å². The Hall–Kier alpha value is -1.92. The largest absolute Gasteiger partial charge is 0.374 e. The van der Waals surface area contributed by atoms with Crippen molar-refractivity contribution in [3.05, 3.63) is 59.4 Å². The van der Waals surface area contributed by atoms with Crippen LogP contribution in [0.1, 0.15) is 63.0 Å². The molecule has 1 aromatic rings. The molecule has 1 aromatic carbocycles. The minimum absolute atomic E-state index is 0.379. The van der Waals surface area contributed by atoms with E-state index in [0.717, 1.165) is 38.0 Å². The summed E-state index contributed by atoms with van der Waals surface area (Å²) in [6, 6.07) is 10.3. The molecule has 0 amide bonds. The molecular formula is C23H30FNO. The first-order chi connectivity index (χ1) is 12.7. The highest BCUT2D eigenvalue weighted by molar-refractivity contribution is 5.22. The highest BCUT2D eigenvalue weighted by Crippen LogP contribution is 2.30. The molecule has 0 aromatic heterocycles. The number of rotatable bonds is 9. The van der Waals surface area contributed by atoms with Crippen molar-refractivity contribution in [2.45, 2.75) is 71.0 Å². The lowest BCUT2D eigenvalue weighted by Gasteiger charge is -2.28. The van der Waals surface area contributed by atoms with Crippen molar-refractivity contribution in [3.63, 3.8) is 0 Å². The summed E-state index contributed by atoms with van der Waals surface area (Å²) < 4.78 is 18.7. The van der Waals surface area contributed by atoms with E-state index in [1.807, 2.05) is 6.08 Å². The fourth-order valence-corrected chi connectivity index (χ4v) is 3.51. The first-order valence-corrected chi connectivity index (χ1v) is 9.83. The van der Waals surface area contributed by atoms with Gasteiger partial charge in [-0.05, 0) is 68.1 Å². The molecule has 0 atom stereocenters. The average molecular weight is 355 g/mol. The molecule has 0 saturated heterocycles. The number of allylic oxidation sites excluding steroid dienone is 4. The summed E-state index contributed by atoms with van der Waals surface area (Å²) in [4.78, 5) is 0. The smallest absolute Gasteiger partial charge is 0.199 e. The summed E-state index contributed by atoms with van der Waals surface area (Å²) in [5.41, 5.74) is 2.66. The van der Waals surface area contributed by atoms with Crippen LogP contribution in [0.15, 0.2) is 48.3 Å². The molecule has 0 N–H and O–H groups in total. The van der Waals surface area contributed by atoms with Crippen molar-refractivity contribution in [2.24, 2.45) is 5.92 Å². The Labute approximate surface area is 157 Å². The van der Waals surface area contributed by atoms with Gasteiger partial charge in [-0.1, -0.05) is 49.8 Å². The average Bonchev–Trinajstić information content (AvgIpc) is 2.68. The van der Waals surface area contributed by atoms with E-state index in [0.29, 0.717) is 12.7 Å². The number of ether oxygens (including phenoxy) is 1. The van der Waals surface area contributed by atoms with Gasteiger partial charge in [-0.2, -0.15) is 9.65 Å². The maximum Gasteiger partial charge on any atom is 0.199 e. The minimum atomic E-state index is -0.737. The van der Waals surface area contributed by atoms with Crippen LogP contribution in [0.25, 0.3) is 0 Å². The number of benzene rings is 1. The minimum Gasteiger partial charge on any atom is -0.374 e. The zero-order valence-corrected chi connectivity index (χ0v) is 15.8. The molecule has 0 aliphatic heterocycles. The van der Waals surface area contributed by atoms with E-state index in [9.17, 15) is 4.39 Å². The van der Waals surface area contributed by atoms with E-state index in [1.165, 1.54) is 42.5 Å². The summed E-state index contributed by atoms with van der Waals surface area (Å²) >= 11 is 0. The number of halogens is 1. The Morgan fingerprint density at radius 2 is 1.88 bits per heavy atom. The maximum atomic E-state index is 12.6. The summed E-state index contributed by atoms with van der Waals surface area (Å²) in [7, 11) is 0. The number of nitrogens with zero attached hydrogens (tertiary/aromatic N) is 1. The topological polar surface area (TPSA) is 33.0 Å². The van der Waals surface area contributed by atoms with Crippen molar-refractivity contribution in [3.8, 4) is 6.07 Å². The third kappa shape index (κ3) is 7.54. The number of aryl methyl sites for hydroxylation is 1. The van der Waals surface area contributed by atoms with Gasteiger partial charge in [0.1, 0.15) is 6.07 Å². The van der Waals surface area contributed by atoms with Gasteiger partial charge in [0.2, 0.25) is 0 Å². The maximum absolute atomic E-state index is 12.6. The summed E-state index contributed by atoms with van der Waals surface area (Å²) in [5.74, 6) is -0.00321. The molecule has 26 heavy (non-hydrogen) atoms. The zero-order chi connectivity index (χ0) is 18.6. The van der Waals surface area contributed by atoms with Gasteiger partial charge in [0.25, 0.3) is 0 Å². The summed E-state index contributed by atoms with van der Waals surface area (Å²) in [6.07, 6.45) is 14.2. The lowest BCUT2D eigenvalue weighted by atomic mass is 9.84. The molecule has 1 aliphatic carbocycles. The van der Waals surface area contributed by atoms with Crippen LogP contribution >= 0.6 is 0 Å². The zero-order valence-electron chi connectivity index (χ0n) is 15.8. The van der Waals surface area contributed by atoms with Crippen molar-refractivity contribution in [1.29, 1.82) is 5.26 Å². The lowest BCUT2D eigenvalue weighted by Crippen LogP contribution is -2.21. The van der Waals surface area contributed by atoms with E-state index in [4.69, 9.17) is 10.00 Å². The predicted molar refractivity (Wildman–Crippen MR) is 104 cm³/mol. The van der Waals surface area contributed by atoms with Gasteiger partial charge in [0, 0.05) is 0 Å². The second kappa shape index (κ2) is 11.6. The normalized spacial score (nSPS) is 21.0.